The Morgan fingerprint density at radius 1 is 1.58 bits per heavy atom. The van der Waals surface area contributed by atoms with Gasteiger partial charge in [-0.15, -0.1) is 0 Å². The van der Waals surface area contributed by atoms with E-state index in [9.17, 15) is 14.0 Å². The summed E-state index contributed by atoms with van der Waals surface area (Å²) in [6.45, 7) is 3.29. The predicted molar refractivity (Wildman–Crippen MR) is 68.3 cm³/mol. The third-order valence-corrected chi connectivity index (χ3v) is 2.82. The number of carbonyl (C=O) groups excluding carboxylic acids is 2. The van der Waals surface area contributed by atoms with Gasteiger partial charge >= 0.3 is 5.97 Å². The molecule has 1 aliphatic heterocycles. The summed E-state index contributed by atoms with van der Waals surface area (Å²) in [5, 5.41) is 2.71. The zero-order chi connectivity index (χ0) is 14.0. The Bertz CT molecular complexity index is 559. The molecule has 1 aromatic rings. The molecule has 1 atom stereocenters. The molecule has 1 aromatic carbocycles. The van der Waals surface area contributed by atoms with E-state index in [2.05, 4.69) is 11.9 Å². The van der Waals surface area contributed by atoms with Gasteiger partial charge in [-0.05, 0) is 17.7 Å². The Balaban J connectivity index is 2.25. The molecule has 4 nitrogen and oxygen atoms in total. The maximum atomic E-state index is 13.1. The zero-order valence-electron chi connectivity index (χ0n) is 9.91. The molecule has 1 N–H and O–H groups in total. The van der Waals surface area contributed by atoms with Gasteiger partial charge in [-0.3, -0.25) is 9.59 Å². The van der Waals surface area contributed by atoms with Gasteiger partial charge in [0.2, 0.25) is 5.91 Å². The topological polar surface area (TPSA) is 55.4 Å². The van der Waals surface area contributed by atoms with E-state index in [4.69, 9.17) is 16.3 Å². The molecule has 0 radical (unpaired) electrons. The van der Waals surface area contributed by atoms with Crippen LogP contribution in [0.15, 0.2) is 29.8 Å². The van der Waals surface area contributed by atoms with E-state index in [1.54, 1.807) is 0 Å². The highest BCUT2D eigenvalue weighted by atomic mass is 35.5. The minimum absolute atomic E-state index is 0.0355. The average molecular weight is 284 g/mol. The third kappa shape index (κ3) is 3.12. The lowest BCUT2D eigenvalue weighted by molar-refractivity contribution is -0.145. The Labute approximate surface area is 114 Å². The molecule has 100 valence electrons. The summed E-state index contributed by atoms with van der Waals surface area (Å²) >= 11 is 5.51. The highest BCUT2D eigenvalue weighted by Crippen LogP contribution is 2.33. The van der Waals surface area contributed by atoms with Crippen molar-refractivity contribution in [2.24, 2.45) is 0 Å². The van der Waals surface area contributed by atoms with E-state index < -0.39 is 17.7 Å². The van der Waals surface area contributed by atoms with Crippen LogP contribution >= 0.6 is 11.6 Å². The van der Waals surface area contributed by atoms with Crippen molar-refractivity contribution in [3.05, 3.63) is 41.2 Å². The zero-order valence-corrected chi connectivity index (χ0v) is 10.7. The molecule has 1 aliphatic rings. The van der Waals surface area contributed by atoms with Crippen LogP contribution in [0.2, 0.25) is 0 Å². The van der Waals surface area contributed by atoms with Crippen molar-refractivity contribution in [2.45, 2.75) is 12.3 Å². The first-order chi connectivity index (χ1) is 8.97. The molecule has 1 amide bonds. The smallest absolute Gasteiger partial charge is 0.314 e. The molecule has 0 aromatic heterocycles. The second-order valence-corrected chi connectivity index (χ2v) is 4.70. The summed E-state index contributed by atoms with van der Waals surface area (Å²) in [7, 11) is 0. The number of nitrogens with one attached hydrogen (secondary N) is 1. The molecule has 1 heterocycles. The van der Waals surface area contributed by atoms with Crippen LogP contribution < -0.4 is 5.32 Å². The van der Waals surface area contributed by atoms with Crippen LogP contribution in [0.3, 0.4) is 0 Å². The number of hydrogen-bond donors (Lipinski definition) is 1. The fourth-order valence-corrected chi connectivity index (χ4v) is 1.95. The summed E-state index contributed by atoms with van der Waals surface area (Å²) < 4.78 is 18.0. The molecule has 0 fully saturated rings. The minimum Gasteiger partial charge on any atom is -0.459 e. The molecule has 19 heavy (non-hydrogen) atoms. The molecule has 2 rings (SSSR count). The van der Waals surface area contributed by atoms with Gasteiger partial charge in [0.25, 0.3) is 0 Å². The van der Waals surface area contributed by atoms with Crippen LogP contribution in [0.5, 0.6) is 0 Å². The molecule has 0 aliphatic carbocycles. The number of benzene rings is 1. The number of carbonyl (C=O) groups is 2. The molecule has 0 bridgehead atoms. The average Bonchev–Trinajstić information content (AvgIpc) is 2.34. The standard InChI is InChI=1S/C13H11ClFNO3/c1-7(14)6-19-13(18)10-5-12(17)16-11-4-8(15)2-3-9(10)11/h2-4,10H,1,5-6H2,(H,16,17). The second kappa shape index (κ2) is 5.40. The first-order valence-corrected chi connectivity index (χ1v) is 5.94. The molecule has 6 heteroatoms. The van der Waals surface area contributed by atoms with Crippen LogP contribution in [0, 0.1) is 5.82 Å². The summed E-state index contributed by atoms with van der Waals surface area (Å²) in [4.78, 5) is 23.4. The van der Waals surface area contributed by atoms with Gasteiger partial charge in [0.1, 0.15) is 12.4 Å². The number of fused-ring (bicyclic) bond motifs is 1. The summed E-state index contributed by atoms with van der Waals surface area (Å²) in [5.74, 6) is -2.17. The van der Waals surface area contributed by atoms with Gasteiger partial charge in [0, 0.05) is 17.1 Å². The number of anilines is 1. The van der Waals surface area contributed by atoms with Gasteiger partial charge in [0.05, 0.1) is 5.92 Å². The van der Waals surface area contributed by atoms with Crippen molar-refractivity contribution >= 4 is 29.2 Å². The van der Waals surface area contributed by atoms with E-state index >= 15 is 0 Å². The molecule has 0 saturated carbocycles. The maximum absolute atomic E-state index is 13.1. The van der Waals surface area contributed by atoms with Crippen molar-refractivity contribution in [2.75, 3.05) is 11.9 Å². The normalized spacial score (nSPS) is 17.4. The Kier molecular flexibility index (Phi) is 3.85. The number of amides is 1. The number of esters is 1. The fourth-order valence-electron chi connectivity index (χ4n) is 1.90. The van der Waals surface area contributed by atoms with E-state index in [0.717, 1.165) is 0 Å². The van der Waals surface area contributed by atoms with E-state index in [1.165, 1.54) is 18.2 Å². The fraction of sp³-hybridized carbons (Fsp3) is 0.231. The second-order valence-electron chi connectivity index (χ2n) is 4.16. The van der Waals surface area contributed by atoms with Crippen LogP contribution in [-0.4, -0.2) is 18.5 Å². The molecule has 0 saturated heterocycles. The molecule has 0 spiro atoms. The van der Waals surface area contributed by atoms with Gasteiger partial charge in [-0.25, -0.2) is 4.39 Å². The monoisotopic (exact) mass is 283 g/mol. The molecular formula is C13H11ClFNO3. The van der Waals surface area contributed by atoms with Crippen molar-refractivity contribution in [1.82, 2.24) is 0 Å². The largest absolute Gasteiger partial charge is 0.459 e. The van der Waals surface area contributed by atoms with Crippen LogP contribution in [-0.2, 0) is 14.3 Å². The molecular weight excluding hydrogens is 273 g/mol. The summed E-state index contributed by atoms with van der Waals surface area (Å²) in [6.07, 6.45) is -0.0355. The maximum Gasteiger partial charge on any atom is 0.314 e. The highest BCUT2D eigenvalue weighted by Gasteiger charge is 2.32. The van der Waals surface area contributed by atoms with Gasteiger partial charge in [0.15, 0.2) is 0 Å². The Hall–Kier alpha value is -1.88. The lowest BCUT2D eigenvalue weighted by Crippen LogP contribution is -2.28. The SMILES string of the molecule is C=C(Cl)COC(=O)C1CC(=O)Nc2cc(F)ccc21. The van der Waals surface area contributed by atoms with Crippen LogP contribution in [0.4, 0.5) is 10.1 Å². The Morgan fingerprint density at radius 2 is 2.32 bits per heavy atom. The van der Waals surface area contributed by atoms with Crippen LogP contribution in [0.25, 0.3) is 0 Å². The molecule has 1 unspecified atom stereocenters. The van der Waals surface area contributed by atoms with Crippen molar-refractivity contribution in [3.63, 3.8) is 0 Å². The third-order valence-electron chi connectivity index (χ3n) is 2.71. The van der Waals surface area contributed by atoms with Gasteiger partial charge < -0.3 is 10.1 Å². The summed E-state index contributed by atoms with van der Waals surface area (Å²) in [6, 6.07) is 3.87. The van der Waals surface area contributed by atoms with Crippen LogP contribution in [0.1, 0.15) is 17.9 Å². The lowest BCUT2D eigenvalue weighted by Gasteiger charge is -2.24. The van der Waals surface area contributed by atoms with Crippen molar-refractivity contribution in [3.8, 4) is 0 Å². The first-order valence-electron chi connectivity index (χ1n) is 5.56. The van der Waals surface area contributed by atoms with Gasteiger partial charge in [-0.2, -0.15) is 0 Å². The highest BCUT2D eigenvalue weighted by molar-refractivity contribution is 6.29. The van der Waals surface area contributed by atoms with Crippen molar-refractivity contribution < 1.29 is 18.7 Å². The number of halogens is 2. The minimum atomic E-state index is -0.750. The Morgan fingerprint density at radius 3 is 3.00 bits per heavy atom. The van der Waals surface area contributed by atoms with E-state index in [-0.39, 0.29) is 24.0 Å². The first kappa shape index (κ1) is 13.5. The summed E-state index contributed by atoms with van der Waals surface area (Å²) in [5.41, 5.74) is 0.828. The number of rotatable bonds is 3. The predicted octanol–water partition coefficient (Wildman–Crippen LogP) is 2.55. The lowest BCUT2D eigenvalue weighted by atomic mass is 9.90. The quantitative estimate of drug-likeness (QED) is 0.868. The number of ether oxygens (including phenoxy) is 1. The van der Waals surface area contributed by atoms with E-state index in [1.807, 2.05) is 0 Å². The van der Waals surface area contributed by atoms with Crippen molar-refractivity contribution in [1.29, 1.82) is 0 Å². The number of hydrogen-bond acceptors (Lipinski definition) is 3. The van der Waals surface area contributed by atoms with E-state index in [0.29, 0.717) is 11.3 Å². The van der Waals surface area contributed by atoms with Gasteiger partial charge in [-0.1, -0.05) is 24.2 Å².